The average molecular weight is 282 g/mol. The van der Waals surface area contributed by atoms with E-state index in [1.54, 1.807) is 19.1 Å². The molecular weight excluding hydrogens is 260 g/mol. The van der Waals surface area contributed by atoms with Gasteiger partial charge in [0.05, 0.1) is 10.6 Å². The minimum Gasteiger partial charge on any atom is -0.369 e. The molecule has 1 aliphatic rings. The molecule has 1 heterocycles. The third kappa shape index (κ3) is 3.28. The minimum absolute atomic E-state index is 0.154. The predicted molar refractivity (Wildman–Crippen MR) is 78.5 cm³/mol. The van der Waals surface area contributed by atoms with Crippen LogP contribution in [0.2, 0.25) is 0 Å². The smallest absolute Gasteiger partial charge is 0.178 e. The van der Waals surface area contributed by atoms with Crippen LogP contribution in [-0.4, -0.2) is 51.8 Å². The molecule has 0 aromatic heterocycles. The van der Waals surface area contributed by atoms with Crippen molar-refractivity contribution < 1.29 is 8.42 Å². The molecule has 0 saturated carbocycles. The molecule has 1 saturated heterocycles. The van der Waals surface area contributed by atoms with Gasteiger partial charge in [0.1, 0.15) is 0 Å². The molecule has 19 heavy (non-hydrogen) atoms. The Kier molecular flexibility index (Phi) is 4.47. The highest BCUT2D eigenvalue weighted by molar-refractivity contribution is 7.91. The number of hydrogen-bond acceptors (Lipinski definition) is 4. The van der Waals surface area contributed by atoms with Crippen LogP contribution in [0.3, 0.4) is 0 Å². The van der Waals surface area contributed by atoms with Gasteiger partial charge in [-0.25, -0.2) is 8.42 Å². The van der Waals surface area contributed by atoms with Crippen molar-refractivity contribution >= 4 is 15.5 Å². The van der Waals surface area contributed by atoms with Gasteiger partial charge in [-0.2, -0.15) is 0 Å². The first-order chi connectivity index (χ1) is 9.06. The molecule has 0 aliphatic carbocycles. The quantitative estimate of drug-likeness (QED) is 0.841. The van der Waals surface area contributed by atoms with Crippen molar-refractivity contribution in [2.75, 3.05) is 43.4 Å². The van der Waals surface area contributed by atoms with Crippen LogP contribution in [0.4, 0.5) is 5.69 Å². The molecule has 0 spiro atoms. The number of benzene rings is 1. The molecule has 1 aromatic rings. The Balaban J connectivity index is 2.07. The number of rotatable bonds is 4. The molecule has 5 heteroatoms. The van der Waals surface area contributed by atoms with Gasteiger partial charge in [0.15, 0.2) is 9.84 Å². The second-order valence-corrected chi connectivity index (χ2v) is 7.10. The average Bonchev–Trinajstić information content (AvgIpc) is 2.47. The Morgan fingerprint density at radius 3 is 2.05 bits per heavy atom. The Morgan fingerprint density at radius 1 is 1.00 bits per heavy atom. The van der Waals surface area contributed by atoms with Gasteiger partial charge in [-0.15, -0.1) is 0 Å². The third-order valence-electron chi connectivity index (χ3n) is 3.76. The minimum atomic E-state index is -3.09. The van der Waals surface area contributed by atoms with Gasteiger partial charge in [0.25, 0.3) is 0 Å². The molecule has 0 N–H and O–H groups in total. The van der Waals surface area contributed by atoms with Crippen LogP contribution in [0.15, 0.2) is 29.2 Å². The zero-order valence-electron chi connectivity index (χ0n) is 11.7. The Hall–Kier alpha value is -1.07. The summed E-state index contributed by atoms with van der Waals surface area (Å²) in [5.74, 6) is 0.154. The van der Waals surface area contributed by atoms with Gasteiger partial charge >= 0.3 is 0 Å². The maximum absolute atomic E-state index is 11.8. The standard InChI is InChI=1S/C14H22N2O2S/c1-3-15-9-11-16(12-10-15)13-5-7-14(8-6-13)19(17,18)4-2/h5-8H,3-4,9-12H2,1-2H3. The van der Waals surface area contributed by atoms with E-state index in [4.69, 9.17) is 0 Å². The topological polar surface area (TPSA) is 40.6 Å². The van der Waals surface area contributed by atoms with E-state index in [1.165, 1.54) is 0 Å². The fourth-order valence-corrected chi connectivity index (χ4v) is 3.24. The summed E-state index contributed by atoms with van der Waals surface area (Å²) in [5.41, 5.74) is 1.12. The van der Waals surface area contributed by atoms with Crippen LogP contribution < -0.4 is 4.90 Å². The molecular formula is C14H22N2O2S. The van der Waals surface area contributed by atoms with Crippen molar-refractivity contribution in [1.82, 2.24) is 4.90 Å². The Labute approximate surface area is 115 Å². The monoisotopic (exact) mass is 282 g/mol. The van der Waals surface area contributed by atoms with E-state index < -0.39 is 9.84 Å². The highest BCUT2D eigenvalue weighted by Crippen LogP contribution is 2.20. The van der Waals surface area contributed by atoms with E-state index in [2.05, 4.69) is 16.7 Å². The van der Waals surface area contributed by atoms with Crippen molar-refractivity contribution in [1.29, 1.82) is 0 Å². The first kappa shape index (κ1) is 14.3. The lowest BCUT2D eigenvalue weighted by Gasteiger charge is -2.35. The summed E-state index contributed by atoms with van der Waals surface area (Å²) in [5, 5.41) is 0. The van der Waals surface area contributed by atoms with Crippen molar-refractivity contribution in [2.24, 2.45) is 0 Å². The Morgan fingerprint density at radius 2 is 1.58 bits per heavy atom. The number of piperazine rings is 1. The molecule has 2 rings (SSSR count). The number of anilines is 1. The number of nitrogens with zero attached hydrogens (tertiary/aromatic N) is 2. The van der Waals surface area contributed by atoms with Crippen molar-refractivity contribution in [2.45, 2.75) is 18.7 Å². The normalized spacial score (nSPS) is 17.7. The second-order valence-electron chi connectivity index (χ2n) is 4.82. The number of hydrogen-bond donors (Lipinski definition) is 0. The van der Waals surface area contributed by atoms with Gasteiger partial charge in [0.2, 0.25) is 0 Å². The summed E-state index contributed by atoms with van der Waals surface area (Å²) in [6, 6.07) is 7.29. The summed E-state index contributed by atoms with van der Waals surface area (Å²) in [6.07, 6.45) is 0. The van der Waals surface area contributed by atoms with Crippen LogP contribution >= 0.6 is 0 Å². The molecule has 4 nitrogen and oxygen atoms in total. The van der Waals surface area contributed by atoms with E-state index in [1.807, 2.05) is 12.1 Å². The Bertz CT molecular complexity index is 503. The SMILES string of the molecule is CCN1CCN(c2ccc(S(=O)(=O)CC)cc2)CC1. The van der Waals surface area contributed by atoms with E-state index >= 15 is 0 Å². The second kappa shape index (κ2) is 5.92. The summed E-state index contributed by atoms with van der Waals surface area (Å²) in [7, 11) is -3.09. The lowest BCUT2D eigenvalue weighted by molar-refractivity contribution is 0.271. The molecule has 1 aromatic carbocycles. The molecule has 106 valence electrons. The van der Waals surface area contributed by atoms with Gasteiger partial charge in [-0.3, -0.25) is 0 Å². The highest BCUT2D eigenvalue weighted by atomic mass is 32.2. The maximum atomic E-state index is 11.8. The third-order valence-corrected chi connectivity index (χ3v) is 5.51. The van der Waals surface area contributed by atoms with Crippen molar-refractivity contribution in [3.8, 4) is 0 Å². The van der Waals surface area contributed by atoms with Crippen LogP contribution in [0.1, 0.15) is 13.8 Å². The lowest BCUT2D eigenvalue weighted by atomic mass is 10.2. The fourth-order valence-electron chi connectivity index (χ4n) is 2.35. The van der Waals surface area contributed by atoms with Crippen LogP contribution in [0, 0.1) is 0 Å². The largest absolute Gasteiger partial charge is 0.369 e. The maximum Gasteiger partial charge on any atom is 0.178 e. The number of sulfone groups is 1. The summed E-state index contributed by atoms with van der Waals surface area (Å²) < 4.78 is 23.5. The first-order valence-corrected chi connectivity index (χ1v) is 8.52. The summed E-state index contributed by atoms with van der Waals surface area (Å²) in [6.45, 7) is 9.12. The lowest BCUT2D eigenvalue weighted by Crippen LogP contribution is -2.46. The van der Waals surface area contributed by atoms with Crippen LogP contribution in [-0.2, 0) is 9.84 Å². The predicted octanol–water partition coefficient (Wildman–Crippen LogP) is 1.62. The van der Waals surface area contributed by atoms with Gasteiger partial charge < -0.3 is 9.80 Å². The van der Waals surface area contributed by atoms with Crippen LogP contribution in [0.25, 0.3) is 0 Å². The molecule has 0 amide bonds. The molecule has 1 fully saturated rings. The molecule has 0 atom stereocenters. The zero-order chi connectivity index (χ0) is 13.9. The van der Waals surface area contributed by atoms with Gasteiger partial charge in [0, 0.05) is 31.9 Å². The van der Waals surface area contributed by atoms with Gasteiger partial charge in [-0.1, -0.05) is 13.8 Å². The van der Waals surface area contributed by atoms with E-state index in [9.17, 15) is 8.42 Å². The first-order valence-electron chi connectivity index (χ1n) is 6.87. The van der Waals surface area contributed by atoms with Crippen molar-refractivity contribution in [3.63, 3.8) is 0 Å². The molecule has 0 unspecified atom stereocenters. The molecule has 0 radical (unpaired) electrons. The number of likely N-dealkylation sites (N-methyl/N-ethyl adjacent to an activating group) is 1. The molecule has 0 bridgehead atoms. The summed E-state index contributed by atoms with van der Waals surface area (Å²) >= 11 is 0. The summed E-state index contributed by atoms with van der Waals surface area (Å²) in [4.78, 5) is 5.16. The van der Waals surface area contributed by atoms with Gasteiger partial charge in [-0.05, 0) is 30.8 Å². The van der Waals surface area contributed by atoms with Crippen LogP contribution in [0.5, 0.6) is 0 Å². The van der Waals surface area contributed by atoms with E-state index in [0.29, 0.717) is 4.90 Å². The van der Waals surface area contributed by atoms with E-state index in [-0.39, 0.29) is 5.75 Å². The van der Waals surface area contributed by atoms with Crippen molar-refractivity contribution in [3.05, 3.63) is 24.3 Å². The zero-order valence-corrected chi connectivity index (χ0v) is 12.5. The molecule has 1 aliphatic heterocycles. The fraction of sp³-hybridized carbons (Fsp3) is 0.571. The highest BCUT2D eigenvalue weighted by Gasteiger charge is 2.17. The van der Waals surface area contributed by atoms with E-state index in [0.717, 1.165) is 38.4 Å².